The van der Waals surface area contributed by atoms with Crippen LogP contribution in [-0.2, 0) is 0 Å². The first kappa shape index (κ1) is 13.3. The number of aromatic amines is 1. The smallest absolute Gasteiger partial charge is 0.336 e. The van der Waals surface area contributed by atoms with E-state index in [1.807, 2.05) is 0 Å². The number of hydrogen-bond donors (Lipinski definition) is 2. The molecule has 0 amide bonds. The number of carboxylic acid groups (broad SMARTS) is 1. The lowest BCUT2D eigenvalue weighted by Crippen LogP contribution is -2.09. The molecular formula is C15H9ClN2O3. The van der Waals surface area contributed by atoms with Crippen molar-refractivity contribution in [3.63, 3.8) is 0 Å². The topological polar surface area (TPSA) is 83.0 Å². The zero-order valence-corrected chi connectivity index (χ0v) is 11.4. The number of nitrogens with one attached hydrogen (secondary N) is 1. The molecule has 6 heteroatoms. The van der Waals surface area contributed by atoms with Crippen LogP contribution in [0, 0.1) is 0 Å². The van der Waals surface area contributed by atoms with Crippen molar-refractivity contribution >= 4 is 34.4 Å². The summed E-state index contributed by atoms with van der Waals surface area (Å²) in [5.74, 6) is -1.56. The van der Waals surface area contributed by atoms with Crippen LogP contribution in [0.4, 0.5) is 0 Å². The van der Waals surface area contributed by atoms with Gasteiger partial charge < -0.3 is 10.1 Å². The molecule has 0 saturated carbocycles. The maximum atomic E-state index is 12.6. The Morgan fingerprint density at radius 1 is 1.10 bits per heavy atom. The van der Waals surface area contributed by atoms with Gasteiger partial charge in [0.2, 0.25) is 0 Å². The molecule has 2 aromatic heterocycles. The van der Waals surface area contributed by atoms with Gasteiger partial charge in [0, 0.05) is 23.3 Å². The van der Waals surface area contributed by atoms with Crippen LogP contribution in [0.2, 0.25) is 5.02 Å². The summed E-state index contributed by atoms with van der Waals surface area (Å²) in [5, 5.41) is 10.1. The van der Waals surface area contributed by atoms with Crippen LogP contribution in [0.1, 0.15) is 26.3 Å². The van der Waals surface area contributed by atoms with Crippen LogP contribution in [0.25, 0.3) is 11.0 Å². The van der Waals surface area contributed by atoms with Crippen molar-refractivity contribution in [1.29, 1.82) is 0 Å². The van der Waals surface area contributed by atoms with Gasteiger partial charge in [-0.3, -0.25) is 4.79 Å². The maximum absolute atomic E-state index is 12.6. The molecule has 104 valence electrons. The molecule has 0 spiro atoms. The normalized spacial score (nSPS) is 10.7. The predicted molar refractivity (Wildman–Crippen MR) is 77.9 cm³/mol. The lowest BCUT2D eigenvalue weighted by molar-refractivity contribution is 0.0693. The third-order valence-corrected chi connectivity index (χ3v) is 3.48. The molecule has 0 aliphatic rings. The highest BCUT2D eigenvalue weighted by Crippen LogP contribution is 2.27. The van der Waals surface area contributed by atoms with Gasteiger partial charge in [0.05, 0.1) is 16.1 Å². The summed E-state index contributed by atoms with van der Waals surface area (Å²) in [6.07, 6.45) is 3.02. The molecule has 0 aliphatic carbocycles. The summed E-state index contributed by atoms with van der Waals surface area (Å²) in [5.41, 5.74) is 0.859. The highest BCUT2D eigenvalue weighted by molar-refractivity contribution is 6.37. The van der Waals surface area contributed by atoms with Gasteiger partial charge in [-0.1, -0.05) is 29.8 Å². The summed E-state index contributed by atoms with van der Waals surface area (Å²) < 4.78 is 0. The monoisotopic (exact) mass is 300 g/mol. The SMILES string of the molecule is O=C(O)c1ccccc1C(=O)c1c[nH]c2nccc(Cl)c12. The number of hydrogen-bond acceptors (Lipinski definition) is 3. The molecule has 2 N–H and O–H groups in total. The molecule has 3 rings (SSSR count). The molecule has 5 nitrogen and oxygen atoms in total. The zero-order chi connectivity index (χ0) is 15.0. The van der Waals surface area contributed by atoms with E-state index in [-0.39, 0.29) is 11.1 Å². The van der Waals surface area contributed by atoms with Gasteiger partial charge in [-0.15, -0.1) is 0 Å². The number of nitrogens with zero attached hydrogens (tertiary/aromatic N) is 1. The van der Waals surface area contributed by atoms with Crippen molar-refractivity contribution in [1.82, 2.24) is 9.97 Å². The van der Waals surface area contributed by atoms with Crippen molar-refractivity contribution < 1.29 is 14.7 Å². The molecule has 0 atom stereocenters. The first-order chi connectivity index (χ1) is 10.1. The molecule has 0 radical (unpaired) electrons. The minimum Gasteiger partial charge on any atom is -0.478 e. The summed E-state index contributed by atoms with van der Waals surface area (Å²) in [4.78, 5) is 30.8. The number of rotatable bonds is 3. The Kier molecular flexibility index (Phi) is 3.19. The van der Waals surface area contributed by atoms with Crippen LogP contribution in [0.5, 0.6) is 0 Å². The van der Waals surface area contributed by atoms with Gasteiger partial charge >= 0.3 is 5.97 Å². The highest BCUT2D eigenvalue weighted by Gasteiger charge is 2.21. The third-order valence-electron chi connectivity index (χ3n) is 3.17. The van der Waals surface area contributed by atoms with E-state index in [2.05, 4.69) is 9.97 Å². The second-order valence-corrected chi connectivity index (χ2v) is 4.81. The highest BCUT2D eigenvalue weighted by atomic mass is 35.5. The van der Waals surface area contributed by atoms with Gasteiger partial charge in [-0.2, -0.15) is 0 Å². The fourth-order valence-electron chi connectivity index (χ4n) is 2.21. The maximum Gasteiger partial charge on any atom is 0.336 e. The van der Waals surface area contributed by atoms with Gasteiger partial charge in [0.15, 0.2) is 5.78 Å². The number of aromatic nitrogens is 2. The van der Waals surface area contributed by atoms with Crippen LogP contribution in [-0.4, -0.2) is 26.8 Å². The molecule has 3 aromatic rings. The van der Waals surface area contributed by atoms with Crippen LogP contribution < -0.4 is 0 Å². The van der Waals surface area contributed by atoms with Crippen molar-refractivity contribution in [2.75, 3.05) is 0 Å². The predicted octanol–water partition coefficient (Wildman–Crippen LogP) is 3.15. The third kappa shape index (κ3) is 2.17. The second-order valence-electron chi connectivity index (χ2n) is 4.40. The van der Waals surface area contributed by atoms with Gasteiger partial charge in [-0.05, 0) is 12.1 Å². The lowest BCUT2D eigenvalue weighted by Gasteiger charge is -2.04. The number of fused-ring (bicyclic) bond motifs is 1. The van der Waals surface area contributed by atoms with Crippen LogP contribution in [0.15, 0.2) is 42.7 Å². The quantitative estimate of drug-likeness (QED) is 0.728. The average Bonchev–Trinajstić information content (AvgIpc) is 2.92. The summed E-state index contributed by atoms with van der Waals surface area (Å²) in [6, 6.07) is 7.65. The Balaban J connectivity index is 2.20. The summed E-state index contributed by atoms with van der Waals surface area (Å²) >= 11 is 6.11. The molecule has 0 bridgehead atoms. The van der Waals surface area contributed by atoms with Gasteiger partial charge in [-0.25, -0.2) is 9.78 Å². The van der Waals surface area contributed by atoms with Crippen molar-refractivity contribution in [3.8, 4) is 0 Å². The number of ketones is 1. The van der Waals surface area contributed by atoms with E-state index < -0.39 is 11.8 Å². The molecule has 2 heterocycles. The number of aromatic carboxylic acids is 1. The van der Waals surface area contributed by atoms with E-state index in [4.69, 9.17) is 11.6 Å². The van der Waals surface area contributed by atoms with Crippen molar-refractivity contribution in [2.45, 2.75) is 0 Å². The molecule has 21 heavy (non-hydrogen) atoms. The number of pyridine rings is 1. The van der Waals surface area contributed by atoms with E-state index in [1.165, 1.54) is 24.5 Å². The van der Waals surface area contributed by atoms with Crippen molar-refractivity contribution in [2.24, 2.45) is 0 Å². The van der Waals surface area contributed by atoms with Crippen LogP contribution in [0.3, 0.4) is 0 Å². The minimum atomic E-state index is -1.15. The second kappa shape index (κ2) is 5.03. The Labute approximate surface area is 124 Å². The summed E-state index contributed by atoms with van der Waals surface area (Å²) in [7, 11) is 0. The van der Waals surface area contributed by atoms with E-state index in [0.717, 1.165) is 0 Å². The van der Waals surface area contributed by atoms with Gasteiger partial charge in [0.25, 0.3) is 0 Å². The largest absolute Gasteiger partial charge is 0.478 e. The Morgan fingerprint density at radius 2 is 1.81 bits per heavy atom. The first-order valence-corrected chi connectivity index (χ1v) is 6.46. The Morgan fingerprint density at radius 3 is 2.52 bits per heavy atom. The van der Waals surface area contributed by atoms with E-state index in [9.17, 15) is 14.7 Å². The molecule has 0 saturated heterocycles. The van der Waals surface area contributed by atoms with E-state index in [1.54, 1.807) is 18.2 Å². The Bertz CT molecular complexity index is 870. The molecule has 0 unspecified atom stereocenters. The van der Waals surface area contributed by atoms with Crippen molar-refractivity contribution in [3.05, 3.63) is 64.4 Å². The number of halogens is 1. The molecule has 0 fully saturated rings. The fourth-order valence-corrected chi connectivity index (χ4v) is 2.46. The molecular weight excluding hydrogens is 292 g/mol. The van der Waals surface area contributed by atoms with E-state index >= 15 is 0 Å². The minimum absolute atomic E-state index is 0.0446. The molecule has 1 aromatic carbocycles. The standard InChI is InChI=1S/C15H9ClN2O3/c16-11-5-6-17-14-12(11)10(7-18-14)13(19)8-3-1-2-4-9(8)15(20)21/h1-7H,(H,17,18)(H,20,21). The first-order valence-electron chi connectivity index (χ1n) is 6.08. The molecule has 0 aliphatic heterocycles. The number of carbonyl (C=O) groups is 2. The fraction of sp³-hybridized carbons (Fsp3) is 0. The lowest BCUT2D eigenvalue weighted by atomic mass is 9.98. The zero-order valence-electron chi connectivity index (χ0n) is 10.6. The Hall–Kier alpha value is -2.66. The average molecular weight is 301 g/mol. The number of carboxylic acids is 1. The van der Waals surface area contributed by atoms with E-state index in [0.29, 0.717) is 21.6 Å². The van der Waals surface area contributed by atoms with Gasteiger partial charge in [0.1, 0.15) is 5.65 Å². The summed E-state index contributed by atoms with van der Waals surface area (Å²) in [6.45, 7) is 0. The number of carbonyl (C=O) groups excluding carboxylic acids is 1. The number of benzene rings is 1. The number of H-pyrrole nitrogens is 1. The van der Waals surface area contributed by atoms with Crippen LogP contribution >= 0.6 is 11.6 Å².